The fourth-order valence-corrected chi connectivity index (χ4v) is 2.74. The summed E-state index contributed by atoms with van der Waals surface area (Å²) in [7, 11) is 2.93. The Balaban J connectivity index is 1.87. The summed E-state index contributed by atoms with van der Waals surface area (Å²) in [6, 6.07) is 18.5. The molecule has 0 saturated carbocycles. The van der Waals surface area contributed by atoms with Crippen molar-refractivity contribution in [2.24, 2.45) is 0 Å². The van der Waals surface area contributed by atoms with Gasteiger partial charge >= 0.3 is 5.97 Å². The van der Waals surface area contributed by atoms with Gasteiger partial charge in [0.25, 0.3) is 5.91 Å². The zero-order valence-electron chi connectivity index (χ0n) is 16.4. The summed E-state index contributed by atoms with van der Waals surface area (Å²) in [4.78, 5) is 25.7. The molecule has 0 spiro atoms. The largest absolute Gasteiger partial charge is 0.497 e. The Morgan fingerprint density at radius 1 is 0.867 bits per heavy atom. The summed E-state index contributed by atoms with van der Waals surface area (Å²) in [6.45, 7) is 0. The first kappa shape index (κ1) is 20.9. The van der Waals surface area contributed by atoms with Crippen LogP contribution in [0.4, 0.5) is 10.1 Å². The van der Waals surface area contributed by atoms with E-state index in [1.807, 2.05) is 0 Å². The summed E-state index contributed by atoms with van der Waals surface area (Å²) in [5.41, 5.74) is 1.03. The molecule has 3 aromatic rings. The third-order valence-electron chi connectivity index (χ3n) is 4.26. The van der Waals surface area contributed by atoms with E-state index in [-0.39, 0.29) is 5.56 Å². The van der Waals surface area contributed by atoms with Gasteiger partial charge in [-0.25, -0.2) is 9.18 Å². The number of esters is 1. The molecule has 0 saturated heterocycles. The lowest BCUT2D eigenvalue weighted by molar-refractivity contribution is -0.125. The Hall–Kier alpha value is -3.87. The molecule has 0 bridgehead atoms. The molecule has 3 rings (SSSR count). The van der Waals surface area contributed by atoms with Crippen LogP contribution in [-0.4, -0.2) is 26.1 Å². The standard InChI is InChI=1S/C23H20FNO5/c1-28-19-12-16(13-20(14-19)29-2)23(27)30-21(15-6-4-3-5-7-15)22(26)25-18-10-8-17(24)9-11-18/h3-14,21H,1-2H3,(H,25,26)/t21-/m1/s1. The third-order valence-corrected chi connectivity index (χ3v) is 4.26. The minimum absolute atomic E-state index is 0.168. The predicted molar refractivity (Wildman–Crippen MR) is 109 cm³/mol. The molecule has 0 radical (unpaired) electrons. The van der Waals surface area contributed by atoms with Gasteiger partial charge in [0.2, 0.25) is 6.10 Å². The van der Waals surface area contributed by atoms with Crippen molar-refractivity contribution in [2.75, 3.05) is 19.5 Å². The quantitative estimate of drug-likeness (QED) is 0.586. The molecule has 0 aromatic heterocycles. The Morgan fingerprint density at radius 3 is 2.03 bits per heavy atom. The number of rotatable bonds is 7. The number of carbonyl (C=O) groups is 2. The predicted octanol–water partition coefficient (Wildman–Crippen LogP) is 4.38. The number of carbonyl (C=O) groups excluding carboxylic acids is 2. The fraction of sp³-hybridized carbons (Fsp3) is 0.130. The van der Waals surface area contributed by atoms with Crippen LogP contribution in [0.15, 0.2) is 72.8 Å². The number of amides is 1. The van der Waals surface area contributed by atoms with Crippen molar-refractivity contribution in [3.8, 4) is 11.5 Å². The van der Waals surface area contributed by atoms with Gasteiger partial charge in [0, 0.05) is 17.3 Å². The van der Waals surface area contributed by atoms with Gasteiger partial charge in [-0.2, -0.15) is 0 Å². The van der Waals surface area contributed by atoms with E-state index in [0.717, 1.165) is 0 Å². The summed E-state index contributed by atoms with van der Waals surface area (Å²) in [5.74, 6) is -0.904. The first-order valence-corrected chi connectivity index (χ1v) is 9.05. The molecule has 30 heavy (non-hydrogen) atoms. The highest BCUT2D eigenvalue weighted by Gasteiger charge is 2.26. The molecule has 0 aliphatic heterocycles. The number of methoxy groups -OCH3 is 2. The summed E-state index contributed by atoms with van der Waals surface area (Å²) in [6.07, 6.45) is -1.22. The van der Waals surface area contributed by atoms with E-state index in [0.29, 0.717) is 22.7 Å². The SMILES string of the molecule is COc1cc(OC)cc(C(=O)O[C@@H](C(=O)Nc2ccc(F)cc2)c2ccccc2)c1. The van der Waals surface area contributed by atoms with E-state index in [9.17, 15) is 14.0 Å². The minimum Gasteiger partial charge on any atom is -0.497 e. The normalized spacial score (nSPS) is 11.3. The highest BCUT2D eigenvalue weighted by atomic mass is 19.1. The topological polar surface area (TPSA) is 73.9 Å². The van der Waals surface area contributed by atoms with Crippen LogP contribution in [-0.2, 0) is 9.53 Å². The van der Waals surface area contributed by atoms with E-state index in [2.05, 4.69) is 5.32 Å². The lowest BCUT2D eigenvalue weighted by atomic mass is 10.1. The number of ether oxygens (including phenoxy) is 3. The van der Waals surface area contributed by atoms with Crippen molar-refractivity contribution < 1.29 is 28.2 Å². The maximum absolute atomic E-state index is 13.1. The van der Waals surface area contributed by atoms with Crippen LogP contribution in [0.5, 0.6) is 11.5 Å². The molecular weight excluding hydrogens is 389 g/mol. The second-order valence-corrected chi connectivity index (χ2v) is 6.29. The smallest absolute Gasteiger partial charge is 0.339 e. The Labute approximate surface area is 173 Å². The van der Waals surface area contributed by atoms with Crippen LogP contribution in [0.3, 0.4) is 0 Å². The van der Waals surface area contributed by atoms with Gasteiger partial charge in [0.1, 0.15) is 17.3 Å². The van der Waals surface area contributed by atoms with Crippen LogP contribution >= 0.6 is 0 Å². The van der Waals surface area contributed by atoms with Gasteiger partial charge in [-0.15, -0.1) is 0 Å². The van der Waals surface area contributed by atoms with Gasteiger partial charge in [-0.1, -0.05) is 30.3 Å². The number of hydrogen-bond acceptors (Lipinski definition) is 5. The van der Waals surface area contributed by atoms with Gasteiger partial charge in [-0.3, -0.25) is 4.79 Å². The molecule has 0 aliphatic carbocycles. The number of hydrogen-bond donors (Lipinski definition) is 1. The molecule has 0 aliphatic rings. The second kappa shape index (κ2) is 9.56. The molecule has 1 N–H and O–H groups in total. The number of benzene rings is 3. The molecule has 0 unspecified atom stereocenters. The zero-order chi connectivity index (χ0) is 21.5. The van der Waals surface area contributed by atoms with Crippen molar-refractivity contribution in [1.82, 2.24) is 0 Å². The molecule has 6 nitrogen and oxygen atoms in total. The van der Waals surface area contributed by atoms with Crippen molar-refractivity contribution >= 4 is 17.6 Å². The van der Waals surface area contributed by atoms with E-state index < -0.39 is 23.8 Å². The maximum Gasteiger partial charge on any atom is 0.339 e. The van der Waals surface area contributed by atoms with Gasteiger partial charge < -0.3 is 19.5 Å². The van der Waals surface area contributed by atoms with Gasteiger partial charge in [-0.05, 0) is 36.4 Å². The zero-order valence-corrected chi connectivity index (χ0v) is 16.4. The fourth-order valence-electron chi connectivity index (χ4n) is 2.74. The van der Waals surface area contributed by atoms with Crippen LogP contribution in [0.25, 0.3) is 0 Å². The number of halogens is 1. The van der Waals surface area contributed by atoms with Gasteiger partial charge in [0.05, 0.1) is 19.8 Å². The van der Waals surface area contributed by atoms with E-state index in [1.54, 1.807) is 36.4 Å². The molecule has 0 heterocycles. The van der Waals surface area contributed by atoms with Gasteiger partial charge in [0.15, 0.2) is 0 Å². The maximum atomic E-state index is 13.1. The van der Waals surface area contributed by atoms with Crippen LogP contribution in [0, 0.1) is 5.82 Å². The second-order valence-electron chi connectivity index (χ2n) is 6.29. The minimum atomic E-state index is -1.22. The van der Waals surface area contributed by atoms with Crippen LogP contribution in [0.1, 0.15) is 22.0 Å². The average molecular weight is 409 g/mol. The highest BCUT2D eigenvalue weighted by molar-refractivity contribution is 5.98. The van der Waals surface area contributed by atoms with Crippen molar-refractivity contribution in [3.63, 3.8) is 0 Å². The lowest BCUT2D eigenvalue weighted by Gasteiger charge is -2.18. The van der Waals surface area contributed by atoms with E-state index >= 15 is 0 Å². The van der Waals surface area contributed by atoms with E-state index in [4.69, 9.17) is 14.2 Å². The number of anilines is 1. The first-order valence-electron chi connectivity index (χ1n) is 9.05. The Kier molecular flexibility index (Phi) is 6.64. The number of nitrogens with one attached hydrogen (secondary N) is 1. The van der Waals surface area contributed by atoms with E-state index in [1.165, 1.54) is 50.6 Å². The van der Waals surface area contributed by atoms with Crippen molar-refractivity contribution in [1.29, 1.82) is 0 Å². The lowest BCUT2D eigenvalue weighted by Crippen LogP contribution is -2.26. The molecular formula is C23H20FNO5. The van der Waals surface area contributed by atoms with Crippen molar-refractivity contribution in [3.05, 3.63) is 89.7 Å². The summed E-state index contributed by atoms with van der Waals surface area (Å²) >= 11 is 0. The molecule has 3 aromatic carbocycles. The van der Waals surface area contributed by atoms with Crippen molar-refractivity contribution in [2.45, 2.75) is 6.10 Å². The first-order chi connectivity index (χ1) is 14.5. The molecule has 1 amide bonds. The molecule has 1 atom stereocenters. The molecule has 0 fully saturated rings. The monoisotopic (exact) mass is 409 g/mol. The third kappa shape index (κ3) is 5.14. The van der Waals surface area contributed by atoms with Crippen LogP contribution < -0.4 is 14.8 Å². The Bertz CT molecular complexity index is 999. The Morgan fingerprint density at radius 2 is 1.47 bits per heavy atom. The highest BCUT2D eigenvalue weighted by Crippen LogP contribution is 2.26. The molecule has 7 heteroatoms. The average Bonchev–Trinajstić information content (AvgIpc) is 2.78. The summed E-state index contributed by atoms with van der Waals surface area (Å²) in [5, 5.41) is 2.64. The summed E-state index contributed by atoms with van der Waals surface area (Å²) < 4.78 is 29.0. The molecule has 154 valence electrons. The van der Waals surface area contributed by atoms with Crippen LogP contribution in [0.2, 0.25) is 0 Å².